The van der Waals surface area contributed by atoms with Crippen LogP contribution >= 0.6 is 0 Å². The first kappa shape index (κ1) is 15.2. The number of nitrogens with one attached hydrogen (secondary N) is 1. The van der Waals surface area contributed by atoms with Crippen LogP contribution in [0.4, 0.5) is 4.79 Å². The SMILES string of the molecule is NC(=O)CC(NC(=O)N1CCOCC1CO)C(=O)O. The second kappa shape index (κ2) is 6.90. The summed E-state index contributed by atoms with van der Waals surface area (Å²) in [5.74, 6) is -2.17. The van der Waals surface area contributed by atoms with Crippen LogP contribution in [0.25, 0.3) is 0 Å². The zero-order chi connectivity index (χ0) is 14.4. The molecule has 108 valence electrons. The van der Waals surface area contributed by atoms with Crippen molar-refractivity contribution in [3.63, 3.8) is 0 Å². The number of urea groups is 1. The Morgan fingerprint density at radius 2 is 2.16 bits per heavy atom. The van der Waals surface area contributed by atoms with Crippen molar-refractivity contribution in [2.24, 2.45) is 5.73 Å². The fourth-order valence-corrected chi connectivity index (χ4v) is 1.71. The van der Waals surface area contributed by atoms with Crippen molar-refractivity contribution in [2.45, 2.75) is 18.5 Å². The highest BCUT2D eigenvalue weighted by Crippen LogP contribution is 2.07. The van der Waals surface area contributed by atoms with Crippen molar-refractivity contribution in [2.75, 3.05) is 26.4 Å². The fraction of sp³-hybridized carbons (Fsp3) is 0.700. The first-order valence-electron chi connectivity index (χ1n) is 5.72. The van der Waals surface area contributed by atoms with E-state index in [1.165, 1.54) is 4.90 Å². The van der Waals surface area contributed by atoms with Crippen LogP contribution in [0, 0.1) is 0 Å². The maximum Gasteiger partial charge on any atom is 0.326 e. The smallest absolute Gasteiger partial charge is 0.326 e. The molecule has 1 aliphatic heterocycles. The molecule has 1 rings (SSSR count). The third kappa shape index (κ3) is 4.38. The van der Waals surface area contributed by atoms with E-state index in [-0.39, 0.29) is 19.8 Å². The summed E-state index contributed by atoms with van der Waals surface area (Å²) in [7, 11) is 0. The van der Waals surface area contributed by atoms with E-state index in [0.717, 1.165) is 0 Å². The topological polar surface area (TPSA) is 142 Å². The molecule has 3 amide bonds. The Labute approximate surface area is 109 Å². The van der Waals surface area contributed by atoms with Crippen LogP contribution in [0.3, 0.4) is 0 Å². The maximum atomic E-state index is 11.9. The summed E-state index contributed by atoms with van der Waals surface area (Å²) in [6, 6.07) is -2.58. The van der Waals surface area contributed by atoms with Crippen LogP contribution in [0.15, 0.2) is 0 Å². The highest BCUT2D eigenvalue weighted by atomic mass is 16.5. The van der Waals surface area contributed by atoms with Gasteiger partial charge in [0.15, 0.2) is 0 Å². The van der Waals surface area contributed by atoms with Crippen molar-refractivity contribution < 1.29 is 29.3 Å². The normalized spacial score (nSPS) is 20.7. The number of carboxylic acids is 1. The minimum Gasteiger partial charge on any atom is -0.480 e. The summed E-state index contributed by atoms with van der Waals surface area (Å²) < 4.78 is 5.10. The predicted octanol–water partition coefficient (Wildman–Crippen LogP) is -2.28. The molecule has 0 saturated carbocycles. The van der Waals surface area contributed by atoms with Crippen LogP contribution < -0.4 is 11.1 Å². The third-order valence-electron chi connectivity index (χ3n) is 2.70. The Morgan fingerprint density at radius 3 is 2.68 bits per heavy atom. The van der Waals surface area contributed by atoms with Gasteiger partial charge in [0.1, 0.15) is 6.04 Å². The van der Waals surface area contributed by atoms with E-state index >= 15 is 0 Å². The monoisotopic (exact) mass is 275 g/mol. The lowest BCUT2D eigenvalue weighted by Gasteiger charge is -2.35. The molecule has 1 aliphatic rings. The summed E-state index contributed by atoms with van der Waals surface area (Å²) in [5.41, 5.74) is 4.91. The van der Waals surface area contributed by atoms with Gasteiger partial charge in [-0.3, -0.25) is 4.79 Å². The average Bonchev–Trinajstić information content (AvgIpc) is 2.37. The van der Waals surface area contributed by atoms with Gasteiger partial charge >= 0.3 is 12.0 Å². The standard InChI is InChI=1S/C10H17N3O6/c11-8(15)3-7(9(16)17)12-10(18)13-1-2-19-5-6(13)4-14/h6-7,14H,1-5H2,(H2,11,15)(H,12,18)(H,16,17). The number of nitrogens with two attached hydrogens (primary N) is 1. The average molecular weight is 275 g/mol. The van der Waals surface area contributed by atoms with Crippen LogP contribution in [0.2, 0.25) is 0 Å². The quantitative estimate of drug-likeness (QED) is 0.445. The summed E-state index contributed by atoms with van der Waals surface area (Å²) in [6.45, 7) is 0.426. The van der Waals surface area contributed by atoms with Crippen LogP contribution in [-0.2, 0) is 14.3 Å². The van der Waals surface area contributed by atoms with E-state index in [0.29, 0.717) is 6.61 Å². The zero-order valence-corrected chi connectivity index (χ0v) is 10.2. The molecule has 1 saturated heterocycles. The van der Waals surface area contributed by atoms with Crippen LogP contribution in [0.1, 0.15) is 6.42 Å². The van der Waals surface area contributed by atoms with Crippen molar-refractivity contribution in [1.29, 1.82) is 0 Å². The Bertz CT molecular complexity index is 361. The van der Waals surface area contributed by atoms with Crippen molar-refractivity contribution in [3.8, 4) is 0 Å². The predicted molar refractivity (Wildman–Crippen MR) is 62.2 cm³/mol. The van der Waals surface area contributed by atoms with Gasteiger partial charge in [-0.1, -0.05) is 0 Å². The lowest BCUT2D eigenvalue weighted by Crippen LogP contribution is -2.57. The second-order valence-corrected chi connectivity index (χ2v) is 4.12. The van der Waals surface area contributed by atoms with Gasteiger partial charge in [0.2, 0.25) is 5.91 Å². The van der Waals surface area contributed by atoms with Gasteiger partial charge in [-0.25, -0.2) is 9.59 Å². The molecule has 0 aromatic rings. The lowest BCUT2D eigenvalue weighted by molar-refractivity contribution is -0.141. The summed E-state index contributed by atoms with van der Waals surface area (Å²) in [4.78, 5) is 34.8. The second-order valence-electron chi connectivity index (χ2n) is 4.12. The third-order valence-corrected chi connectivity index (χ3v) is 2.70. The molecule has 0 radical (unpaired) electrons. The van der Waals surface area contributed by atoms with Crippen LogP contribution in [-0.4, -0.2) is 71.5 Å². The Kier molecular flexibility index (Phi) is 5.52. The van der Waals surface area contributed by atoms with Crippen molar-refractivity contribution in [3.05, 3.63) is 0 Å². The van der Waals surface area contributed by atoms with E-state index in [2.05, 4.69) is 5.32 Å². The molecule has 1 heterocycles. The van der Waals surface area contributed by atoms with E-state index < -0.39 is 36.4 Å². The molecule has 19 heavy (non-hydrogen) atoms. The molecule has 9 nitrogen and oxygen atoms in total. The number of carbonyl (C=O) groups excluding carboxylic acids is 2. The van der Waals surface area contributed by atoms with Gasteiger partial charge in [0, 0.05) is 6.54 Å². The zero-order valence-electron chi connectivity index (χ0n) is 10.2. The Hall–Kier alpha value is -1.87. The number of nitrogens with zero attached hydrogens (tertiary/aromatic N) is 1. The van der Waals surface area contributed by atoms with Gasteiger partial charge < -0.3 is 30.9 Å². The molecule has 2 unspecified atom stereocenters. The number of amides is 3. The highest BCUT2D eigenvalue weighted by molar-refractivity contribution is 5.87. The van der Waals surface area contributed by atoms with Gasteiger partial charge in [0.05, 0.1) is 32.3 Å². The fourth-order valence-electron chi connectivity index (χ4n) is 1.71. The number of rotatable bonds is 5. The molecule has 0 aliphatic carbocycles. The molecule has 5 N–H and O–H groups in total. The summed E-state index contributed by atoms with van der Waals surface area (Å²) in [5, 5.41) is 20.2. The first-order chi connectivity index (χ1) is 8.95. The molecular formula is C10H17N3O6. The number of primary amides is 1. The summed E-state index contributed by atoms with van der Waals surface area (Å²) >= 11 is 0. The number of hydrogen-bond acceptors (Lipinski definition) is 5. The number of morpholine rings is 1. The van der Waals surface area contributed by atoms with Gasteiger partial charge in [0.25, 0.3) is 0 Å². The van der Waals surface area contributed by atoms with E-state index in [1.807, 2.05) is 0 Å². The molecule has 0 spiro atoms. The molecule has 0 aromatic carbocycles. The molecule has 1 fully saturated rings. The van der Waals surface area contributed by atoms with Crippen molar-refractivity contribution >= 4 is 17.9 Å². The van der Waals surface area contributed by atoms with Gasteiger partial charge in [-0.15, -0.1) is 0 Å². The minimum atomic E-state index is -1.38. The Morgan fingerprint density at radius 1 is 1.47 bits per heavy atom. The number of carboxylic acid groups (broad SMARTS) is 1. The number of ether oxygens (including phenoxy) is 1. The van der Waals surface area contributed by atoms with E-state index in [4.69, 9.17) is 20.7 Å². The van der Waals surface area contributed by atoms with Crippen molar-refractivity contribution in [1.82, 2.24) is 10.2 Å². The number of aliphatic carboxylic acids is 1. The number of hydrogen-bond donors (Lipinski definition) is 4. The molecular weight excluding hydrogens is 258 g/mol. The van der Waals surface area contributed by atoms with Gasteiger partial charge in [-0.2, -0.15) is 0 Å². The molecule has 9 heteroatoms. The minimum absolute atomic E-state index is 0.178. The molecule has 0 aromatic heterocycles. The number of aliphatic hydroxyl groups is 1. The first-order valence-corrected chi connectivity index (χ1v) is 5.72. The maximum absolute atomic E-state index is 11.9. The molecule has 0 bridgehead atoms. The highest BCUT2D eigenvalue weighted by Gasteiger charge is 2.30. The summed E-state index contributed by atoms with van der Waals surface area (Å²) in [6.07, 6.45) is -0.491. The van der Waals surface area contributed by atoms with E-state index in [1.54, 1.807) is 0 Å². The number of aliphatic hydroxyl groups excluding tert-OH is 1. The number of carbonyl (C=O) groups is 3. The Balaban J connectivity index is 2.64. The molecule has 2 atom stereocenters. The largest absolute Gasteiger partial charge is 0.480 e. The van der Waals surface area contributed by atoms with E-state index in [9.17, 15) is 14.4 Å². The van der Waals surface area contributed by atoms with Gasteiger partial charge in [-0.05, 0) is 0 Å². The lowest BCUT2D eigenvalue weighted by atomic mass is 10.2. The van der Waals surface area contributed by atoms with Crippen LogP contribution in [0.5, 0.6) is 0 Å².